The zero-order chi connectivity index (χ0) is 20.6. The zero-order valence-electron chi connectivity index (χ0n) is 17.9. The van der Waals surface area contributed by atoms with E-state index < -0.39 is 0 Å². The molecule has 31 heavy (non-hydrogen) atoms. The van der Waals surface area contributed by atoms with E-state index >= 15 is 0 Å². The fourth-order valence-corrected chi connectivity index (χ4v) is 4.50. The van der Waals surface area contributed by atoms with E-state index in [1.54, 1.807) is 0 Å². The van der Waals surface area contributed by atoms with E-state index in [2.05, 4.69) is 53.4 Å². The Morgan fingerprint density at radius 3 is 1.55 bits per heavy atom. The standard InChI is InChI=1S/C26H31NO4/c1-5-20(21(10-23-14-28-23)11-24-15-29-24)6-2-18(1)9-19-3-7-22(8-4-19)27(12-25-16-30-25)13-26-17-31-26/h1-8,21,23-26H,9-17H2. The Hall–Kier alpha value is -1.92. The fraction of sp³-hybridized carbons (Fsp3) is 0.538. The Bertz CT molecular complexity index is 766. The minimum absolute atomic E-state index is 0.388. The van der Waals surface area contributed by atoms with Crippen LogP contribution in [0.4, 0.5) is 5.69 Å². The average molecular weight is 422 g/mol. The lowest BCUT2D eigenvalue weighted by molar-refractivity contribution is 0.345. The van der Waals surface area contributed by atoms with Crippen molar-refractivity contribution in [2.24, 2.45) is 0 Å². The van der Waals surface area contributed by atoms with Crippen LogP contribution in [0.1, 0.15) is 35.4 Å². The van der Waals surface area contributed by atoms with Gasteiger partial charge in [-0.1, -0.05) is 36.4 Å². The summed E-state index contributed by atoms with van der Waals surface area (Å²) < 4.78 is 21.9. The highest BCUT2D eigenvalue weighted by atomic mass is 16.6. The maximum absolute atomic E-state index is 5.48. The van der Waals surface area contributed by atoms with E-state index in [1.807, 2.05) is 0 Å². The van der Waals surface area contributed by atoms with Crippen LogP contribution < -0.4 is 4.90 Å². The molecule has 5 nitrogen and oxygen atoms in total. The second-order valence-corrected chi connectivity index (χ2v) is 9.48. The predicted molar refractivity (Wildman–Crippen MR) is 119 cm³/mol. The number of hydrogen-bond donors (Lipinski definition) is 0. The van der Waals surface area contributed by atoms with Crippen LogP contribution in [0.25, 0.3) is 0 Å². The van der Waals surface area contributed by atoms with Crippen molar-refractivity contribution in [3.05, 3.63) is 65.2 Å². The monoisotopic (exact) mass is 421 g/mol. The molecule has 4 fully saturated rings. The highest BCUT2D eigenvalue weighted by Crippen LogP contribution is 2.34. The number of anilines is 1. The fourth-order valence-electron chi connectivity index (χ4n) is 4.50. The van der Waals surface area contributed by atoms with Gasteiger partial charge in [0.15, 0.2) is 0 Å². The first kappa shape index (κ1) is 19.7. The number of rotatable bonds is 12. The van der Waals surface area contributed by atoms with Gasteiger partial charge in [-0.3, -0.25) is 0 Å². The molecular formula is C26H31NO4. The summed E-state index contributed by atoms with van der Waals surface area (Å²) in [6, 6.07) is 18.2. The van der Waals surface area contributed by atoms with Crippen LogP contribution in [0.3, 0.4) is 0 Å². The first-order valence-corrected chi connectivity index (χ1v) is 11.7. The summed E-state index contributed by atoms with van der Waals surface area (Å²) >= 11 is 0. The molecule has 6 rings (SSSR count). The zero-order valence-corrected chi connectivity index (χ0v) is 17.9. The van der Waals surface area contributed by atoms with E-state index in [1.165, 1.54) is 22.4 Å². The van der Waals surface area contributed by atoms with Crippen molar-refractivity contribution in [1.29, 1.82) is 0 Å². The number of nitrogens with zero attached hydrogens (tertiary/aromatic N) is 1. The van der Waals surface area contributed by atoms with E-state index in [9.17, 15) is 0 Å². The second-order valence-electron chi connectivity index (χ2n) is 9.48. The molecule has 0 N–H and O–H groups in total. The van der Waals surface area contributed by atoms with Gasteiger partial charge >= 0.3 is 0 Å². The second kappa shape index (κ2) is 8.55. The molecule has 4 unspecified atom stereocenters. The van der Waals surface area contributed by atoms with Crippen LogP contribution in [-0.2, 0) is 25.4 Å². The van der Waals surface area contributed by atoms with Gasteiger partial charge in [-0.15, -0.1) is 0 Å². The van der Waals surface area contributed by atoms with Crippen molar-refractivity contribution in [2.75, 3.05) is 44.4 Å². The van der Waals surface area contributed by atoms with Crippen LogP contribution in [0, 0.1) is 0 Å². The molecule has 0 spiro atoms. The summed E-state index contributed by atoms with van der Waals surface area (Å²) in [4.78, 5) is 2.40. The molecule has 0 bridgehead atoms. The molecule has 2 aromatic carbocycles. The topological polar surface area (TPSA) is 53.4 Å². The Labute approximate surface area is 184 Å². The summed E-state index contributed by atoms with van der Waals surface area (Å²) in [6.07, 6.45) is 4.89. The first-order chi connectivity index (χ1) is 15.3. The third-order valence-corrected chi connectivity index (χ3v) is 6.71. The van der Waals surface area contributed by atoms with Gasteiger partial charge in [0, 0.05) is 18.8 Å². The number of benzene rings is 2. The van der Waals surface area contributed by atoms with Gasteiger partial charge in [-0.05, 0) is 54.0 Å². The van der Waals surface area contributed by atoms with E-state index in [0.29, 0.717) is 30.3 Å². The van der Waals surface area contributed by atoms with Crippen molar-refractivity contribution in [1.82, 2.24) is 0 Å². The molecule has 0 radical (unpaired) electrons. The van der Waals surface area contributed by atoms with Gasteiger partial charge in [0.1, 0.15) is 0 Å². The summed E-state index contributed by atoms with van der Waals surface area (Å²) in [7, 11) is 0. The van der Waals surface area contributed by atoms with Crippen molar-refractivity contribution in [2.45, 2.75) is 49.6 Å². The van der Waals surface area contributed by atoms with E-state index in [-0.39, 0.29) is 0 Å². The van der Waals surface area contributed by atoms with E-state index in [0.717, 1.165) is 58.8 Å². The Morgan fingerprint density at radius 2 is 1.10 bits per heavy atom. The number of hydrogen-bond acceptors (Lipinski definition) is 5. The summed E-state index contributed by atoms with van der Waals surface area (Å²) in [6.45, 7) is 5.54. The molecule has 164 valence electrons. The lowest BCUT2D eigenvalue weighted by atomic mass is 9.89. The highest BCUT2D eigenvalue weighted by Gasteiger charge is 2.33. The van der Waals surface area contributed by atoms with Gasteiger partial charge in [0.25, 0.3) is 0 Å². The number of ether oxygens (including phenoxy) is 4. The van der Waals surface area contributed by atoms with E-state index in [4.69, 9.17) is 18.9 Å². The average Bonchev–Trinajstić information content (AvgIpc) is 3.63. The lowest BCUT2D eigenvalue weighted by Gasteiger charge is -2.23. The molecule has 4 aliphatic heterocycles. The number of epoxide rings is 4. The molecule has 0 saturated carbocycles. The third kappa shape index (κ3) is 5.66. The lowest BCUT2D eigenvalue weighted by Crippen LogP contribution is -2.31. The minimum Gasteiger partial charge on any atom is -0.373 e. The molecule has 4 saturated heterocycles. The predicted octanol–water partition coefficient (Wildman–Crippen LogP) is 3.54. The van der Waals surface area contributed by atoms with Crippen molar-refractivity contribution in [3.8, 4) is 0 Å². The Morgan fingerprint density at radius 1 is 0.645 bits per heavy atom. The van der Waals surface area contributed by atoms with Gasteiger partial charge in [0.05, 0.1) is 50.8 Å². The maximum Gasteiger partial charge on any atom is 0.0984 e. The molecule has 0 aliphatic carbocycles. The molecular weight excluding hydrogens is 390 g/mol. The maximum atomic E-state index is 5.48. The van der Waals surface area contributed by atoms with Crippen molar-refractivity contribution >= 4 is 5.69 Å². The normalized spacial score (nSPS) is 28.8. The molecule has 4 atom stereocenters. The summed E-state index contributed by atoms with van der Waals surface area (Å²) in [5.41, 5.74) is 5.38. The molecule has 4 heterocycles. The minimum atomic E-state index is 0.388. The summed E-state index contributed by atoms with van der Waals surface area (Å²) in [5.74, 6) is 0.546. The van der Waals surface area contributed by atoms with Crippen molar-refractivity contribution in [3.63, 3.8) is 0 Å². The Balaban J connectivity index is 1.08. The summed E-state index contributed by atoms with van der Waals surface area (Å²) in [5, 5.41) is 0. The highest BCUT2D eigenvalue weighted by molar-refractivity contribution is 5.49. The quantitative estimate of drug-likeness (QED) is 0.491. The van der Waals surface area contributed by atoms with Crippen LogP contribution >= 0.6 is 0 Å². The Kier molecular flexibility index (Phi) is 5.44. The molecule has 4 aliphatic rings. The van der Waals surface area contributed by atoms with Crippen LogP contribution in [0.2, 0.25) is 0 Å². The molecule has 0 amide bonds. The molecule has 5 heteroatoms. The van der Waals surface area contributed by atoms with Gasteiger partial charge < -0.3 is 23.8 Å². The van der Waals surface area contributed by atoms with Gasteiger partial charge in [-0.2, -0.15) is 0 Å². The molecule has 2 aromatic rings. The SMILES string of the molecule is c1cc(C(CC2CO2)CC2CO2)ccc1Cc1ccc(N(CC2CO2)CC2CO2)cc1. The van der Waals surface area contributed by atoms with Crippen molar-refractivity contribution < 1.29 is 18.9 Å². The van der Waals surface area contributed by atoms with Crippen LogP contribution in [-0.4, -0.2) is 63.9 Å². The first-order valence-electron chi connectivity index (χ1n) is 11.7. The van der Waals surface area contributed by atoms with Gasteiger partial charge in [0.2, 0.25) is 0 Å². The van der Waals surface area contributed by atoms with Gasteiger partial charge in [-0.25, -0.2) is 0 Å². The third-order valence-electron chi connectivity index (χ3n) is 6.71. The molecule has 0 aromatic heterocycles. The largest absolute Gasteiger partial charge is 0.373 e. The smallest absolute Gasteiger partial charge is 0.0984 e. The van der Waals surface area contributed by atoms with Crippen LogP contribution in [0.15, 0.2) is 48.5 Å². The van der Waals surface area contributed by atoms with Crippen LogP contribution in [0.5, 0.6) is 0 Å².